The first-order valence-electron chi connectivity index (χ1n) is 9.64. The van der Waals surface area contributed by atoms with E-state index in [1.165, 1.54) is 6.07 Å². The average molecular weight is 505 g/mol. The summed E-state index contributed by atoms with van der Waals surface area (Å²) in [6, 6.07) is 17.0. The highest BCUT2D eigenvalue weighted by Crippen LogP contribution is 2.31. The number of hydrogen-bond donors (Lipinski definition) is 1. The number of esters is 1. The Hall–Kier alpha value is -3.25. The number of benzene rings is 3. The molecule has 33 heavy (non-hydrogen) atoms. The molecule has 0 heterocycles. The highest BCUT2D eigenvalue weighted by Gasteiger charge is 2.23. The van der Waals surface area contributed by atoms with Gasteiger partial charge in [-0.1, -0.05) is 35.3 Å². The molecule has 3 aromatic rings. The van der Waals surface area contributed by atoms with Gasteiger partial charge in [0.2, 0.25) is 0 Å². The van der Waals surface area contributed by atoms with Crippen LogP contribution in [0.1, 0.15) is 28.4 Å². The molecular formula is C23H18Cl2N2O5S. The van der Waals surface area contributed by atoms with Crippen LogP contribution >= 0.6 is 23.2 Å². The number of halogens is 2. The van der Waals surface area contributed by atoms with E-state index in [1.807, 2.05) is 13.0 Å². The minimum Gasteiger partial charge on any atom is -0.494 e. The van der Waals surface area contributed by atoms with E-state index in [9.17, 15) is 13.2 Å². The number of nitrogens with zero attached hydrogens (tertiary/aromatic N) is 1. The van der Waals surface area contributed by atoms with Gasteiger partial charge in [-0.15, -0.1) is 0 Å². The number of sulfonamides is 1. The summed E-state index contributed by atoms with van der Waals surface area (Å²) in [4.78, 5) is 12.3. The molecule has 7 nitrogen and oxygen atoms in total. The summed E-state index contributed by atoms with van der Waals surface area (Å²) < 4.78 is 38.8. The van der Waals surface area contributed by atoms with Crippen LogP contribution in [-0.4, -0.2) is 21.0 Å². The molecule has 0 atom stereocenters. The quantitative estimate of drug-likeness (QED) is 0.410. The Kier molecular flexibility index (Phi) is 7.82. The Bertz CT molecular complexity index is 1300. The van der Waals surface area contributed by atoms with Crippen LogP contribution in [0.4, 0.5) is 5.69 Å². The van der Waals surface area contributed by atoms with Gasteiger partial charge in [-0.25, -0.2) is 13.2 Å². The van der Waals surface area contributed by atoms with Crippen LogP contribution in [-0.2, 0) is 21.4 Å². The summed E-state index contributed by atoms with van der Waals surface area (Å²) in [6.45, 7) is 2.23. The number of nitrogens with one attached hydrogen (secondary N) is 1. The highest BCUT2D eigenvalue weighted by atomic mass is 35.5. The van der Waals surface area contributed by atoms with Crippen molar-refractivity contribution in [2.75, 3.05) is 11.3 Å². The van der Waals surface area contributed by atoms with Gasteiger partial charge in [0.25, 0.3) is 10.0 Å². The second-order valence-electron chi connectivity index (χ2n) is 6.71. The second kappa shape index (κ2) is 10.6. The summed E-state index contributed by atoms with van der Waals surface area (Å²) in [7, 11) is -4.14. The monoisotopic (exact) mass is 504 g/mol. The molecule has 0 saturated heterocycles. The molecule has 170 valence electrons. The van der Waals surface area contributed by atoms with E-state index in [2.05, 4.69) is 4.72 Å². The first-order valence-corrected chi connectivity index (χ1v) is 11.9. The number of nitriles is 1. The number of carbonyl (C=O) groups is 1. The van der Waals surface area contributed by atoms with Crippen molar-refractivity contribution in [2.24, 2.45) is 0 Å². The van der Waals surface area contributed by atoms with E-state index in [0.717, 1.165) is 6.07 Å². The Labute approximate surface area is 201 Å². The molecule has 3 aromatic carbocycles. The lowest BCUT2D eigenvalue weighted by Crippen LogP contribution is -2.15. The molecule has 3 rings (SSSR count). The standard InChI is InChI=1S/C23H18Cl2N2O5S/c1-2-31-18-9-7-17(8-10-18)27-33(29,30)22-11-19(20(24)12-21(22)25)23(28)32-14-16-5-3-15(13-26)4-6-16/h3-12,27H,2,14H2,1H3. The zero-order valence-electron chi connectivity index (χ0n) is 17.3. The van der Waals surface area contributed by atoms with Gasteiger partial charge in [0, 0.05) is 5.69 Å². The first kappa shape index (κ1) is 24.4. The van der Waals surface area contributed by atoms with Crippen LogP contribution in [0.15, 0.2) is 65.6 Å². The molecule has 0 aliphatic heterocycles. The second-order valence-corrected chi connectivity index (χ2v) is 9.18. The van der Waals surface area contributed by atoms with Crippen molar-refractivity contribution in [3.05, 3.63) is 87.4 Å². The molecule has 0 fully saturated rings. The molecule has 0 aliphatic rings. The van der Waals surface area contributed by atoms with Gasteiger partial charge in [0.05, 0.1) is 33.8 Å². The minimum atomic E-state index is -4.14. The van der Waals surface area contributed by atoms with Crippen molar-refractivity contribution in [3.63, 3.8) is 0 Å². The fraction of sp³-hybridized carbons (Fsp3) is 0.130. The average Bonchev–Trinajstić information content (AvgIpc) is 2.79. The molecule has 0 aliphatic carbocycles. The zero-order chi connectivity index (χ0) is 24.0. The molecule has 0 aromatic heterocycles. The van der Waals surface area contributed by atoms with E-state index in [1.54, 1.807) is 48.5 Å². The lowest BCUT2D eigenvalue weighted by Gasteiger charge is -2.13. The van der Waals surface area contributed by atoms with Gasteiger partial charge >= 0.3 is 5.97 Å². The van der Waals surface area contributed by atoms with Crippen molar-refractivity contribution in [1.29, 1.82) is 5.26 Å². The molecule has 0 spiro atoms. The normalized spacial score (nSPS) is 10.8. The molecule has 0 bridgehead atoms. The third kappa shape index (κ3) is 6.17. The third-order valence-corrected chi connectivity index (χ3v) is 6.56. The van der Waals surface area contributed by atoms with Crippen molar-refractivity contribution in [2.45, 2.75) is 18.4 Å². The Morgan fingerprint density at radius 3 is 2.30 bits per heavy atom. The maximum absolute atomic E-state index is 12.9. The third-order valence-electron chi connectivity index (χ3n) is 4.40. The number of carbonyl (C=O) groups excluding carboxylic acids is 1. The number of rotatable bonds is 8. The number of ether oxygens (including phenoxy) is 2. The van der Waals surface area contributed by atoms with Gasteiger partial charge in [-0.2, -0.15) is 5.26 Å². The van der Waals surface area contributed by atoms with Gasteiger partial charge in [-0.3, -0.25) is 4.72 Å². The molecule has 0 saturated carbocycles. The van der Waals surface area contributed by atoms with E-state index in [0.29, 0.717) is 23.5 Å². The summed E-state index contributed by atoms with van der Waals surface area (Å²) in [5.41, 5.74) is 1.26. The highest BCUT2D eigenvalue weighted by molar-refractivity contribution is 7.92. The predicted molar refractivity (Wildman–Crippen MR) is 125 cm³/mol. The van der Waals surface area contributed by atoms with Crippen LogP contribution in [0.5, 0.6) is 5.75 Å². The lowest BCUT2D eigenvalue weighted by molar-refractivity contribution is 0.0472. The Morgan fingerprint density at radius 1 is 1.03 bits per heavy atom. The van der Waals surface area contributed by atoms with Crippen LogP contribution < -0.4 is 9.46 Å². The van der Waals surface area contributed by atoms with Gasteiger partial charge in [0.15, 0.2) is 0 Å². The van der Waals surface area contributed by atoms with Crippen LogP contribution in [0.2, 0.25) is 10.0 Å². The molecule has 0 unspecified atom stereocenters. The fourth-order valence-electron chi connectivity index (χ4n) is 2.79. The Balaban J connectivity index is 1.80. The van der Waals surface area contributed by atoms with Gasteiger partial charge < -0.3 is 9.47 Å². The maximum Gasteiger partial charge on any atom is 0.340 e. The summed E-state index contributed by atoms with van der Waals surface area (Å²) in [5, 5.41) is 8.64. The topological polar surface area (TPSA) is 105 Å². The molecule has 10 heteroatoms. The van der Waals surface area contributed by atoms with Crippen LogP contribution in [0.3, 0.4) is 0 Å². The summed E-state index contributed by atoms with van der Waals surface area (Å²) in [5.74, 6) is -0.226. The van der Waals surface area contributed by atoms with Gasteiger partial charge in [0.1, 0.15) is 17.3 Å². The lowest BCUT2D eigenvalue weighted by atomic mass is 10.1. The van der Waals surface area contributed by atoms with Gasteiger partial charge in [-0.05, 0) is 61.0 Å². The fourth-order valence-corrected chi connectivity index (χ4v) is 4.70. The number of hydrogen-bond acceptors (Lipinski definition) is 6. The van der Waals surface area contributed by atoms with Crippen molar-refractivity contribution in [3.8, 4) is 11.8 Å². The first-order chi connectivity index (χ1) is 15.7. The maximum atomic E-state index is 12.9. The smallest absolute Gasteiger partial charge is 0.340 e. The van der Waals surface area contributed by atoms with E-state index < -0.39 is 16.0 Å². The van der Waals surface area contributed by atoms with Crippen molar-refractivity contribution >= 4 is 44.9 Å². The summed E-state index contributed by atoms with van der Waals surface area (Å²) in [6.07, 6.45) is 0. The predicted octanol–water partition coefficient (Wildman–Crippen LogP) is 5.42. The van der Waals surface area contributed by atoms with Crippen LogP contribution in [0.25, 0.3) is 0 Å². The van der Waals surface area contributed by atoms with E-state index >= 15 is 0 Å². The molecule has 0 amide bonds. The number of anilines is 1. The zero-order valence-corrected chi connectivity index (χ0v) is 19.7. The van der Waals surface area contributed by atoms with Crippen molar-refractivity contribution in [1.82, 2.24) is 0 Å². The van der Waals surface area contributed by atoms with E-state index in [-0.39, 0.29) is 32.8 Å². The van der Waals surface area contributed by atoms with Crippen molar-refractivity contribution < 1.29 is 22.7 Å². The molecular weight excluding hydrogens is 487 g/mol. The SMILES string of the molecule is CCOc1ccc(NS(=O)(=O)c2cc(C(=O)OCc3ccc(C#N)cc3)c(Cl)cc2Cl)cc1. The Morgan fingerprint density at radius 2 is 1.70 bits per heavy atom. The minimum absolute atomic E-state index is 0.0511. The molecule has 0 radical (unpaired) electrons. The molecule has 1 N–H and O–H groups in total. The van der Waals surface area contributed by atoms with Crippen LogP contribution in [0, 0.1) is 11.3 Å². The largest absolute Gasteiger partial charge is 0.494 e. The summed E-state index contributed by atoms with van der Waals surface area (Å²) >= 11 is 12.2. The van der Waals surface area contributed by atoms with E-state index in [4.69, 9.17) is 37.9 Å².